The number of amides is 1. The number of guanidine groups is 1. The van der Waals surface area contributed by atoms with E-state index in [0.717, 1.165) is 34.7 Å². The van der Waals surface area contributed by atoms with Crippen LogP contribution in [0.25, 0.3) is 22.5 Å². The first-order valence-corrected chi connectivity index (χ1v) is 11.7. The van der Waals surface area contributed by atoms with Gasteiger partial charge in [-0.3, -0.25) is 10.1 Å². The van der Waals surface area contributed by atoms with E-state index in [0.29, 0.717) is 17.4 Å². The molecule has 4 rings (SSSR count). The summed E-state index contributed by atoms with van der Waals surface area (Å²) in [6, 6.07) is 22.8. The van der Waals surface area contributed by atoms with Gasteiger partial charge in [0, 0.05) is 16.3 Å². The van der Waals surface area contributed by atoms with Crippen molar-refractivity contribution in [3.63, 3.8) is 0 Å². The zero-order valence-electron chi connectivity index (χ0n) is 19.4. The number of ether oxygens (including phenoxy) is 1. The van der Waals surface area contributed by atoms with Gasteiger partial charge >= 0.3 is 0 Å². The van der Waals surface area contributed by atoms with E-state index in [2.05, 4.69) is 17.2 Å². The van der Waals surface area contributed by atoms with Crippen molar-refractivity contribution in [2.45, 2.75) is 26.4 Å². The number of aromatic nitrogens is 1. The quantitative estimate of drug-likeness (QED) is 0.239. The lowest BCUT2D eigenvalue weighted by Gasteiger charge is -2.15. The molecular weight excluding hydrogens is 464 g/mol. The number of hydrogen-bond acceptors (Lipinski definition) is 4. The summed E-state index contributed by atoms with van der Waals surface area (Å²) in [5, 5.41) is 3.26. The molecular formula is C27H27ClN4O3. The molecule has 0 unspecified atom stereocenters. The van der Waals surface area contributed by atoms with E-state index < -0.39 is 0 Å². The molecule has 0 aliphatic carbocycles. The second-order valence-electron chi connectivity index (χ2n) is 7.87. The first-order chi connectivity index (χ1) is 17.0. The van der Waals surface area contributed by atoms with Crippen LogP contribution in [0.4, 0.5) is 0 Å². The minimum atomic E-state index is -0.306. The van der Waals surface area contributed by atoms with E-state index in [1.165, 1.54) is 0 Å². The summed E-state index contributed by atoms with van der Waals surface area (Å²) in [5.41, 5.74) is 9.39. The molecule has 8 heteroatoms. The lowest BCUT2D eigenvalue weighted by Crippen LogP contribution is -2.39. The second-order valence-corrected chi connectivity index (χ2v) is 8.28. The number of halogens is 1. The molecule has 180 valence electrons. The third-order valence-electron chi connectivity index (χ3n) is 5.31. The number of rotatable bonds is 9. The van der Waals surface area contributed by atoms with Crippen molar-refractivity contribution >= 4 is 23.5 Å². The van der Waals surface area contributed by atoms with Crippen molar-refractivity contribution in [3.8, 4) is 28.3 Å². The molecule has 0 atom stereocenters. The summed E-state index contributed by atoms with van der Waals surface area (Å²) < 4.78 is 12.9. The molecule has 0 aliphatic rings. The average Bonchev–Trinajstić information content (AvgIpc) is 3.52. The van der Waals surface area contributed by atoms with E-state index in [-0.39, 0.29) is 25.0 Å². The minimum Gasteiger partial charge on any atom is -0.494 e. The van der Waals surface area contributed by atoms with Crippen molar-refractivity contribution in [1.82, 2.24) is 9.88 Å². The highest BCUT2D eigenvalue weighted by molar-refractivity contribution is 6.33. The van der Waals surface area contributed by atoms with Crippen LogP contribution in [0.2, 0.25) is 5.02 Å². The summed E-state index contributed by atoms with van der Waals surface area (Å²) in [6.45, 7) is 2.99. The molecule has 0 spiro atoms. The summed E-state index contributed by atoms with van der Waals surface area (Å²) in [6.07, 6.45) is 2.50. The molecule has 0 saturated carbocycles. The van der Waals surface area contributed by atoms with Crippen LogP contribution in [-0.4, -0.2) is 23.0 Å². The van der Waals surface area contributed by atoms with Gasteiger partial charge in [-0.15, -0.1) is 0 Å². The number of benzene rings is 2. The molecule has 2 aromatic carbocycles. The maximum atomic E-state index is 12.9. The fourth-order valence-electron chi connectivity index (χ4n) is 3.67. The molecule has 0 fully saturated rings. The Labute approximate surface area is 209 Å². The summed E-state index contributed by atoms with van der Waals surface area (Å²) >= 11 is 6.49. The van der Waals surface area contributed by atoms with Crippen molar-refractivity contribution in [2.24, 2.45) is 10.7 Å². The van der Waals surface area contributed by atoms with Crippen molar-refractivity contribution < 1.29 is 13.9 Å². The Morgan fingerprint density at radius 2 is 1.83 bits per heavy atom. The van der Waals surface area contributed by atoms with Crippen LogP contribution in [0.3, 0.4) is 0 Å². The number of hydrogen-bond donors (Lipinski definition) is 2. The van der Waals surface area contributed by atoms with Crippen LogP contribution in [-0.2, 0) is 17.9 Å². The number of nitrogens with one attached hydrogen (secondary N) is 1. The molecule has 3 N–H and O–H groups in total. The highest BCUT2D eigenvalue weighted by atomic mass is 35.5. The van der Waals surface area contributed by atoms with Crippen LogP contribution in [0.1, 0.15) is 19.1 Å². The molecule has 0 aliphatic heterocycles. The van der Waals surface area contributed by atoms with E-state index >= 15 is 0 Å². The van der Waals surface area contributed by atoms with Crippen LogP contribution in [0.5, 0.6) is 5.75 Å². The highest BCUT2D eigenvalue weighted by Gasteiger charge is 2.17. The molecule has 35 heavy (non-hydrogen) atoms. The predicted octanol–water partition coefficient (Wildman–Crippen LogP) is 5.49. The number of nitrogens with two attached hydrogens (primary N) is 1. The van der Waals surface area contributed by atoms with Gasteiger partial charge in [-0.1, -0.05) is 36.7 Å². The number of nitrogens with zero attached hydrogens (tertiary/aromatic N) is 2. The van der Waals surface area contributed by atoms with Gasteiger partial charge in [-0.2, -0.15) is 0 Å². The van der Waals surface area contributed by atoms with Gasteiger partial charge in [0.1, 0.15) is 24.6 Å². The Kier molecular flexibility index (Phi) is 7.90. The van der Waals surface area contributed by atoms with Crippen molar-refractivity contribution in [2.75, 3.05) is 6.61 Å². The number of carbonyl (C=O) groups excluding carboxylic acids is 1. The van der Waals surface area contributed by atoms with Gasteiger partial charge in [0.15, 0.2) is 5.96 Å². The molecule has 4 aromatic rings. The topological polar surface area (TPSA) is 94.8 Å². The third kappa shape index (κ3) is 6.13. The maximum absolute atomic E-state index is 12.9. The lowest BCUT2D eigenvalue weighted by atomic mass is 10.1. The number of aliphatic imine (C=N–C) groups is 1. The van der Waals surface area contributed by atoms with Crippen molar-refractivity contribution in [3.05, 3.63) is 89.8 Å². The lowest BCUT2D eigenvalue weighted by molar-refractivity contribution is -0.120. The first kappa shape index (κ1) is 24.2. The zero-order valence-corrected chi connectivity index (χ0v) is 20.2. The molecule has 0 radical (unpaired) electrons. The highest BCUT2D eigenvalue weighted by Crippen LogP contribution is 2.33. The van der Waals surface area contributed by atoms with Crippen molar-refractivity contribution in [1.29, 1.82) is 0 Å². The van der Waals surface area contributed by atoms with E-state index in [1.54, 1.807) is 18.4 Å². The smallest absolute Gasteiger partial charge is 0.246 e. The minimum absolute atomic E-state index is 0.0218. The monoisotopic (exact) mass is 490 g/mol. The molecule has 1 amide bonds. The van der Waals surface area contributed by atoms with Gasteiger partial charge in [0.2, 0.25) is 5.91 Å². The SMILES string of the molecule is CCCOc1ccc(-c2ccc(-c3ccccc3Cl)n2CC(=O)NC(N)=NCc2ccco2)cc1. The Balaban J connectivity index is 1.60. The largest absolute Gasteiger partial charge is 0.494 e. The van der Waals surface area contributed by atoms with Gasteiger partial charge in [-0.25, -0.2) is 4.99 Å². The fourth-order valence-corrected chi connectivity index (χ4v) is 3.90. The first-order valence-electron chi connectivity index (χ1n) is 11.3. The van der Waals surface area contributed by atoms with Gasteiger partial charge in [0.25, 0.3) is 0 Å². The van der Waals surface area contributed by atoms with Gasteiger partial charge in [-0.05, 0) is 66.6 Å². The number of carbonyl (C=O) groups is 1. The third-order valence-corrected chi connectivity index (χ3v) is 5.64. The molecule has 2 aromatic heterocycles. The zero-order chi connectivity index (χ0) is 24.6. The summed E-state index contributed by atoms with van der Waals surface area (Å²) in [5.74, 6) is 1.18. The normalized spacial score (nSPS) is 11.4. The molecule has 0 saturated heterocycles. The maximum Gasteiger partial charge on any atom is 0.246 e. The molecule has 2 heterocycles. The Bertz CT molecular complexity index is 1290. The van der Waals surface area contributed by atoms with Gasteiger partial charge in [0.05, 0.1) is 18.6 Å². The van der Waals surface area contributed by atoms with Gasteiger partial charge < -0.3 is 19.5 Å². The fraction of sp³-hybridized carbons (Fsp3) is 0.185. The second kappa shape index (κ2) is 11.4. The Hall–Kier alpha value is -3.97. The summed E-state index contributed by atoms with van der Waals surface area (Å²) in [4.78, 5) is 17.1. The van der Waals surface area contributed by atoms with E-state index in [1.807, 2.05) is 65.2 Å². The average molecular weight is 491 g/mol. The standard InChI is InChI=1S/C27H27ClN4O3/c1-2-15-34-20-11-9-19(10-12-20)24-13-14-25(22-7-3-4-8-23(22)28)32(24)18-26(33)31-27(29)30-17-21-6-5-16-35-21/h3-14,16H,2,15,17-18H2,1H3,(H3,29,30,31,33). The van der Waals surface area contributed by atoms with Crippen LogP contribution in [0, 0.1) is 0 Å². The van der Waals surface area contributed by atoms with Crippen LogP contribution >= 0.6 is 11.6 Å². The number of furan rings is 1. The van der Waals surface area contributed by atoms with Crippen LogP contribution < -0.4 is 15.8 Å². The molecule has 0 bridgehead atoms. The summed E-state index contributed by atoms with van der Waals surface area (Å²) in [7, 11) is 0. The molecule has 7 nitrogen and oxygen atoms in total. The Morgan fingerprint density at radius 3 is 2.54 bits per heavy atom. The van der Waals surface area contributed by atoms with E-state index in [9.17, 15) is 4.79 Å². The van der Waals surface area contributed by atoms with Crippen LogP contribution in [0.15, 0.2) is 88.5 Å². The van der Waals surface area contributed by atoms with E-state index in [4.69, 9.17) is 26.5 Å². The predicted molar refractivity (Wildman–Crippen MR) is 138 cm³/mol. The Morgan fingerprint density at radius 1 is 1.06 bits per heavy atom.